The van der Waals surface area contributed by atoms with E-state index >= 15 is 0 Å². The Hall–Kier alpha value is -0.830. The molecule has 1 aromatic heterocycles. The van der Waals surface area contributed by atoms with Gasteiger partial charge in [0.1, 0.15) is 0 Å². The van der Waals surface area contributed by atoms with Crippen molar-refractivity contribution in [2.45, 2.75) is 6.92 Å². The Labute approximate surface area is 108 Å². The second kappa shape index (κ2) is 4.58. The lowest BCUT2D eigenvalue weighted by Gasteiger charge is -2.01. The maximum absolute atomic E-state index is 12.1. The number of hydrogen-bond donors (Lipinski definition) is 0. The van der Waals surface area contributed by atoms with Gasteiger partial charge >= 0.3 is 0 Å². The summed E-state index contributed by atoms with van der Waals surface area (Å²) < 4.78 is 0. The zero-order chi connectivity index (χ0) is 11.7. The van der Waals surface area contributed by atoms with E-state index in [1.807, 2.05) is 18.4 Å². The molecule has 4 heteroatoms. The molecule has 0 atom stereocenters. The summed E-state index contributed by atoms with van der Waals surface area (Å²) in [4.78, 5) is 13.2. The van der Waals surface area contributed by atoms with Crippen LogP contribution < -0.4 is 0 Å². The molecule has 0 spiro atoms. The predicted octanol–water partition coefficient (Wildman–Crippen LogP) is 4.59. The van der Waals surface area contributed by atoms with Crippen LogP contribution in [0.1, 0.15) is 20.8 Å². The van der Waals surface area contributed by atoms with Crippen LogP contribution in [0.4, 0.5) is 0 Å². The smallest absolute Gasteiger partial charge is 0.195 e. The summed E-state index contributed by atoms with van der Waals surface area (Å²) in [6.45, 7) is 1.96. The van der Waals surface area contributed by atoms with Crippen LogP contribution >= 0.6 is 34.5 Å². The fourth-order valence-electron chi connectivity index (χ4n) is 1.39. The van der Waals surface area contributed by atoms with E-state index in [4.69, 9.17) is 23.2 Å². The minimum absolute atomic E-state index is 0.0639. The Morgan fingerprint density at radius 1 is 1.25 bits per heavy atom. The Morgan fingerprint density at radius 3 is 2.56 bits per heavy atom. The van der Waals surface area contributed by atoms with Crippen LogP contribution in [-0.4, -0.2) is 5.78 Å². The van der Waals surface area contributed by atoms with Gasteiger partial charge in [-0.2, -0.15) is 0 Å². The maximum atomic E-state index is 12.1. The van der Waals surface area contributed by atoms with Crippen LogP contribution in [0, 0.1) is 6.92 Å². The van der Waals surface area contributed by atoms with E-state index in [1.165, 1.54) is 0 Å². The van der Waals surface area contributed by atoms with Crippen molar-refractivity contribution >= 4 is 40.3 Å². The van der Waals surface area contributed by atoms with Crippen molar-refractivity contribution in [3.05, 3.63) is 55.7 Å². The molecule has 0 fully saturated rings. The Kier molecular flexibility index (Phi) is 3.33. The molecule has 1 heterocycles. The topological polar surface area (TPSA) is 17.1 Å². The van der Waals surface area contributed by atoms with Crippen LogP contribution in [0.5, 0.6) is 0 Å². The van der Waals surface area contributed by atoms with Gasteiger partial charge in [-0.15, -0.1) is 11.3 Å². The number of aryl methyl sites for hydroxylation is 1. The number of ketones is 1. The third-order valence-electron chi connectivity index (χ3n) is 2.17. The van der Waals surface area contributed by atoms with E-state index < -0.39 is 0 Å². The zero-order valence-electron chi connectivity index (χ0n) is 8.46. The van der Waals surface area contributed by atoms with Crippen molar-refractivity contribution in [2.24, 2.45) is 0 Å². The molecular formula is C12H8Cl2OS. The van der Waals surface area contributed by atoms with Crippen molar-refractivity contribution in [3.63, 3.8) is 0 Å². The van der Waals surface area contributed by atoms with Gasteiger partial charge in [-0.25, -0.2) is 0 Å². The molecule has 0 bridgehead atoms. The van der Waals surface area contributed by atoms with E-state index in [-0.39, 0.29) is 5.78 Å². The van der Waals surface area contributed by atoms with Crippen molar-refractivity contribution in [1.82, 2.24) is 0 Å². The monoisotopic (exact) mass is 270 g/mol. The summed E-state index contributed by atoms with van der Waals surface area (Å²) in [5.41, 5.74) is 1.16. The molecule has 1 nitrogen and oxygen atoms in total. The quantitative estimate of drug-likeness (QED) is 0.730. The molecule has 0 aliphatic heterocycles. The second-order valence-corrected chi connectivity index (χ2v) is 5.36. The number of carbonyl (C=O) groups excluding carboxylic acids is 1. The molecule has 0 N–H and O–H groups in total. The van der Waals surface area contributed by atoms with E-state index in [1.54, 1.807) is 29.5 Å². The van der Waals surface area contributed by atoms with E-state index in [0.717, 1.165) is 4.88 Å². The molecule has 0 saturated carbocycles. The number of carbonyl (C=O) groups is 1. The summed E-state index contributed by atoms with van der Waals surface area (Å²) in [7, 11) is 0. The molecule has 16 heavy (non-hydrogen) atoms. The van der Waals surface area contributed by atoms with Gasteiger partial charge in [0.2, 0.25) is 0 Å². The van der Waals surface area contributed by atoms with Crippen LogP contribution in [0.3, 0.4) is 0 Å². The minimum atomic E-state index is -0.0639. The minimum Gasteiger partial charge on any atom is -0.289 e. The first-order valence-corrected chi connectivity index (χ1v) is 6.26. The van der Waals surface area contributed by atoms with Gasteiger partial charge in [0.25, 0.3) is 0 Å². The summed E-state index contributed by atoms with van der Waals surface area (Å²) in [6, 6.07) is 6.76. The molecule has 82 valence electrons. The Bertz CT molecular complexity index is 546. The van der Waals surface area contributed by atoms with Crippen molar-refractivity contribution < 1.29 is 4.79 Å². The summed E-state index contributed by atoms with van der Waals surface area (Å²) in [6.07, 6.45) is 0. The molecule has 0 saturated heterocycles. The first kappa shape index (κ1) is 11.6. The SMILES string of the molecule is Cc1cc(C(=O)c2ccc(Cl)cc2Cl)cs1. The van der Waals surface area contributed by atoms with Gasteiger partial charge in [-0.3, -0.25) is 4.79 Å². The number of hydrogen-bond acceptors (Lipinski definition) is 2. The number of halogens is 2. The van der Waals surface area contributed by atoms with Gasteiger partial charge in [-0.05, 0) is 31.2 Å². The van der Waals surface area contributed by atoms with Crippen molar-refractivity contribution in [1.29, 1.82) is 0 Å². The Morgan fingerprint density at radius 2 is 2.00 bits per heavy atom. The predicted molar refractivity (Wildman–Crippen MR) is 69.0 cm³/mol. The number of rotatable bonds is 2. The van der Waals surface area contributed by atoms with E-state index in [9.17, 15) is 4.79 Å². The third-order valence-corrected chi connectivity index (χ3v) is 3.58. The van der Waals surface area contributed by atoms with Gasteiger partial charge < -0.3 is 0 Å². The molecule has 0 aliphatic carbocycles. The van der Waals surface area contributed by atoms with Crippen LogP contribution in [0.25, 0.3) is 0 Å². The second-order valence-electron chi connectivity index (χ2n) is 3.40. The molecule has 2 aromatic rings. The first-order chi connectivity index (χ1) is 7.58. The fraction of sp³-hybridized carbons (Fsp3) is 0.0833. The normalized spacial score (nSPS) is 10.4. The largest absolute Gasteiger partial charge is 0.289 e. The van der Waals surface area contributed by atoms with Gasteiger partial charge in [0.15, 0.2) is 5.78 Å². The van der Waals surface area contributed by atoms with Crippen LogP contribution in [0.2, 0.25) is 10.0 Å². The van der Waals surface area contributed by atoms with E-state index in [2.05, 4.69) is 0 Å². The van der Waals surface area contributed by atoms with E-state index in [0.29, 0.717) is 21.2 Å². The van der Waals surface area contributed by atoms with Crippen LogP contribution in [-0.2, 0) is 0 Å². The fourth-order valence-corrected chi connectivity index (χ4v) is 2.57. The lowest BCUT2D eigenvalue weighted by molar-refractivity contribution is 0.103. The zero-order valence-corrected chi connectivity index (χ0v) is 10.8. The molecule has 0 aliphatic rings. The molecule has 0 unspecified atom stereocenters. The van der Waals surface area contributed by atoms with Gasteiger partial charge in [0, 0.05) is 26.4 Å². The highest BCUT2D eigenvalue weighted by Crippen LogP contribution is 2.25. The first-order valence-electron chi connectivity index (χ1n) is 4.63. The lowest BCUT2D eigenvalue weighted by Crippen LogP contribution is -2.00. The maximum Gasteiger partial charge on any atom is 0.195 e. The lowest BCUT2D eigenvalue weighted by atomic mass is 10.1. The molecular weight excluding hydrogens is 263 g/mol. The summed E-state index contributed by atoms with van der Waals surface area (Å²) in [5.74, 6) is -0.0639. The highest BCUT2D eigenvalue weighted by Gasteiger charge is 2.13. The summed E-state index contributed by atoms with van der Waals surface area (Å²) in [5, 5.41) is 2.76. The molecule has 0 radical (unpaired) electrons. The highest BCUT2D eigenvalue weighted by atomic mass is 35.5. The Balaban J connectivity index is 2.41. The molecule has 2 rings (SSSR count). The van der Waals surface area contributed by atoms with Crippen molar-refractivity contribution in [2.75, 3.05) is 0 Å². The van der Waals surface area contributed by atoms with Crippen LogP contribution in [0.15, 0.2) is 29.6 Å². The van der Waals surface area contributed by atoms with Gasteiger partial charge in [-0.1, -0.05) is 23.2 Å². The van der Waals surface area contributed by atoms with Crippen molar-refractivity contribution in [3.8, 4) is 0 Å². The molecule has 0 amide bonds. The standard InChI is InChI=1S/C12H8Cl2OS/c1-7-4-8(6-16-7)12(15)10-3-2-9(13)5-11(10)14/h2-6H,1H3. The van der Waals surface area contributed by atoms with Gasteiger partial charge in [0.05, 0.1) is 5.02 Å². The number of benzene rings is 1. The summed E-state index contributed by atoms with van der Waals surface area (Å²) >= 11 is 13.3. The number of thiophene rings is 1. The highest BCUT2D eigenvalue weighted by molar-refractivity contribution is 7.10. The third kappa shape index (κ3) is 2.29. The average molecular weight is 271 g/mol. The average Bonchev–Trinajstić information content (AvgIpc) is 2.64. The molecule has 1 aromatic carbocycles.